The van der Waals surface area contributed by atoms with Crippen LogP contribution in [0.1, 0.15) is 25.5 Å². The Bertz CT molecular complexity index is 422. The van der Waals surface area contributed by atoms with Crippen molar-refractivity contribution in [2.75, 3.05) is 24.7 Å². The number of para-hydroxylation sites is 1. The zero-order valence-corrected chi connectivity index (χ0v) is 11.8. The zero-order valence-electron chi connectivity index (χ0n) is 11.0. The van der Waals surface area contributed by atoms with E-state index in [1.54, 1.807) is 0 Å². The lowest BCUT2D eigenvalue weighted by Crippen LogP contribution is -2.26. The van der Waals surface area contributed by atoms with Crippen LogP contribution in [0.5, 0.6) is 5.75 Å². The van der Waals surface area contributed by atoms with Crippen LogP contribution in [0.4, 0.5) is 0 Å². The minimum atomic E-state index is -0.748. The number of hydrogen-bond donors (Lipinski definition) is 1. The normalized spacial score (nSPS) is 28.7. The first-order valence-corrected chi connectivity index (χ1v) is 7.99. The van der Waals surface area contributed by atoms with Crippen LogP contribution in [0.15, 0.2) is 24.3 Å². The van der Waals surface area contributed by atoms with Gasteiger partial charge in [-0.3, -0.25) is 4.21 Å². The van der Waals surface area contributed by atoms with Crippen molar-refractivity contribution in [3.8, 4) is 5.75 Å². The molecule has 1 N–H and O–H groups in total. The lowest BCUT2D eigenvalue weighted by molar-refractivity contribution is 0.332. The maximum atomic E-state index is 12.0. The highest BCUT2D eigenvalue weighted by Gasteiger charge is 2.23. The van der Waals surface area contributed by atoms with Gasteiger partial charge in [-0.15, -0.1) is 0 Å². The number of benzene rings is 1. The summed E-state index contributed by atoms with van der Waals surface area (Å²) in [5.74, 6) is 2.84. The van der Waals surface area contributed by atoms with Gasteiger partial charge < -0.3 is 10.1 Å². The van der Waals surface area contributed by atoms with Crippen molar-refractivity contribution in [1.29, 1.82) is 0 Å². The third-order valence-corrected chi connectivity index (χ3v) is 4.78. The summed E-state index contributed by atoms with van der Waals surface area (Å²) >= 11 is 0. The van der Waals surface area contributed by atoms with Crippen LogP contribution >= 0.6 is 0 Å². The molecule has 0 aromatic heterocycles. The summed E-state index contributed by atoms with van der Waals surface area (Å²) in [5, 5.41) is 3.50. The maximum absolute atomic E-state index is 12.0. The topological polar surface area (TPSA) is 38.3 Å². The number of hydrogen-bond acceptors (Lipinski definition) is 3. The van der Waals surface area contributed by atoms with Crippen molar-refractivity contribution >= 4 is 10.8 Å². The molecule has 1 fully saturated rings. The van der Waals surface area contributed by atoms with E-state index in [0.717, 1.165) is 23.6 Å². The number of rotatable bonds is 3. The third-order valence-electron chi connectivity index (χ3n) is 3.13. The molecular formula is C14H21NO2S. The predicted octanol–water partition coefficient (Wildman–Crippen LogP) is 2.11. The summed E-state index contributed by atoms with van der Waals surface area (Å²) in [6.07, 6.45) is 0. The van der Waals surface area contributed by atoms with E-state index in [1.807, 2.05) is 25.1 Å². The van der Waals surface area contributed by atoms with Gasteiger partial charge in [-0.05, 0) is 25.5 Å². The van der Waals surface area contributed by atoms with Crippen LogP contribution in [0.3, 0.4) is 0 Å². The molecule has 1 saturated heterocycles. The van der Waals surface area contributed by atoms with Gasteiger partial charge in [0.05, 0.1) is 6.61 Å². The van der Waals surface area contributed by atoms with Gasteiger partial charge in [0.15, 0.2) is 0 Å². The molecule has 1 aromatic carbocycles. The summed E-state index contributed by atoms with van der Waals surface area (Å²) in [5.41, 5.74) is 1.13. The first-order chi connectivity index (χ1) is 8.70. The highest BCUT2D eigenvalue weighted by atomic mass is 32.2. The van der Waals surface area contributed by atoms with Gasteiger partial charge in [-0.1, -0.05) is 25.1 Å². The molecule has 100 valence electrons. The highest BCUT2D eigenvalue weighted by Crippen LogP contribution is 2.27. The first-order valence-electron chi connectivity index (χ1n) is 6.50. The zero-order chi connectivity index (χ0) is 13.0. The van der Waals surface area contributed by atoms with Gasteiger partial charge in [0.25, 0.3) is 0 Å². The standard InChI is InChI=1S/C14H21NO2S/c1-3-17-14-7-5-4-6-12(14)13-10-18(16)9-11(2)8-15-13/h4-7,11,13,15H,3,8-10H2,1-2H3. The Morgan fingerprint density at radius 3 is 2.94 bits per heavy atom. The lowest BCUT2D eigenvalue weighted by atomic mass is 10.1. The van der Waals surface area contributed by atoms with E-state index in [4.69, 9.17) is 4.74 Å². The van der Waals surface area contributed by atoms with Gasteiger partial charge in [-0.25, -0.2) is 0 Å². The van der Waals surface area contributed by atoms with E-state index in [9.17, 15) is 4.21 Å². The average molecular weight is 267 g/mol. The van der Waals surface area contributed by atoms with E-state index in [-0.39, 0.29) is 6.04 Å². The maximum Gasteiger partial charge on any atom is 0.124 e. The summed E-state index contributed by atoms with van der Waals surface area (Å²) in [7, 11) is -0.748. The molecule has 18 heavy (non-hydrogen) atoms. The Labute approximate surface area is 111 Å². The number of ether oxygens (including phenoxy) is 1. The molecule has 3 nitrogen and oxygen atoms in total. The third kappa shape index (κ3) is 3.33. The van der Waals surface area contributed by atoms with Crippen LogP contribution in [0, 0.1) is 5.92 Å². The molecule has 0 aliphatic carbocycles. The Hall–Kier alpha value is -0.870. The van der Waals surface area contributed by atoms with Crippen LogP contribution in [0.2, 0.25) is 0 Å². The molecule has 1 aliphatic rings. The van der Waals surface area contributed by atoms with Crippen LogP contribution in [-0.2, 0) is 10.8 Å². The molecule has 3 unspecified atom stereocenters. The van der Waals surface area contributed by atoms with Crippen molar-refractivity contribution in [3.05, 3.63) is 29.8 Å². The second-order valence-corrected chi connectivity index (χ2v) is 6.36. The molecule has 0 bridgehead atoms. The SMILES string of the molecule is CCOc1ccccc1C1CS(=O)CC(C)CN1. The van der Waals surface area contributed by atoms with Crippen molar-refractivity contribution in [2.45, 2.75) is 19.9 Å². The minimum absolute atomic E-state index is 0.138. The van der Waals surface area contributed by atoms with Crippen molar-refractivity contribution in [2.24, 2.45) is 5.92 Å². The molecule has 4 heteroatoms. The van der Waals surface area contributed by atoms with Gasteiger partial charge in [0, 0.05) is 33.9 Å². The van der Waals surface area contributed by atoms with Gasteiger partial charge in [0.1, 0.15) is 5.75 Å². The van der Waals surface area contributed by atoms with Gasteiger partial charge in [0.2, 0.25) is 0 Å². The van der Waals surface area contributed by atoms with E-state index in [1.165, 1.54) is 0 Å². The molecule has 3 atom stereocenters. The molecule has 1 aliphatic heterocycles. The Morgan fingerprint density at radius 1 is 1.39 bits per heavy atom. The fourth-order valence-electron chi connectivity index (χ4n) is 2.29. The fourth-order valence-corrected chi connectivity index (χ4v) is 3.85. The van der Waals surface area contributed by atoms with E-state index in [0.29, 0.717) is 18.3 Å². The summed E-state index contributed by atoms with van der Waals surface area (Å²) in [4.78, 5) is 0. The van der Waals surface area contributed by atoms with E-state index in [2.05, 4.69) is 18.3 Å². The lowest BCUT2D eigenvalue weighted by Gasteiger charge is -2.19. The summed E-state index contributed by atoms with van der Waals surface area (Å²) < 4.78 is 17.6. The predicted molar refractivity (Wildman–Crippen MR) is 75.4 cm³/mol. The van der Waals surface area contributed by atoms with Gasteiger partial charge >= 0.3 is 0 Å². The molecule has 1 aromatic rings. The van der Waals surface area contributed by atoms with Crippen molar-refractivity contribution in [3.63, 3.8) is 0 Å². The smallest absolute Gasteiger partial charge is 0.124 e. The molecule has 0 radical (unpaired) electrons. The minimum Gasteiger partial charge on any atom is -0.494 e. The Morgan fingerprint density at radius 2 is 2.17 bits per heavy atom. The average Bonchev–Trinajstić information content (AvgIpc) is 2.51. The molecule has 0 spiro atoms. The fraction of sp³-hybridized carbons (Fsp3) is 0.571. The summed E-state index contributed by atoms with van der Waals surface area (Å²) in [6, 6.07) is 8.17. The van der Waals surface area contributed by atoms with Crippen molar-refractivity contribution < 1.29 is 8.95 Å². The monoisotopic (exact) mass is 267 g/mol. The van der Waals surface area contributed by atoms with Gasteiger partial charge in [-0.2, -0.15) is 0 Å². The largest absolute Gasteiger partial charge is 0.494 e. The Kier molecular flexibility index (Phi) is 4.78. The number of nitrogens with one attached hydrogen (secondary N) is 1. The quantitative estimate of drug-likeness (QED) is 0.911. The Balaban J connectivity index is 2.21. The highest BCUT2D eigenvalue weighted by molar-refractivity contribution is 7.85. The molecule has 2 rings (SSSR count). The molecule has 0 saturated carbocycles. The second kappa shape index (κ2) is 6.34. The second-order valence-electron chi connectivity index (χ2n) is 4.81. The first kappa shape index (κ1) is 13.6. The van der Waals surface area contributed by atoms with Crippen LogP contribution in [-0.4, -0.2) is 28.9 Å². The van der Waals surface area contributed by atoms with E-state index >= 15 is 0 Å². The van der Waals surface area contributed by atoms with Crippen molar-refractivity contribution in [1.82, 2.24) is 5.32 Å². The van der Waals surface area contributed by atoms with Crippen LogP contribution < -0.4 is 10.1 Å². The summed E-state index contributed by atoms with van der Waals surface area (Å²) in [6.45, 7) is 5.69. The molecule has 0 amide bonds. The van der Waals surface area contributed by atoms with Crippen LogP contribution in [0.25, 0.3) is 0 Å². The molecule has 1 heterocycles. The molecular weight excluding hydrogens is 246 g/mol. The van der Waals surface area contributed by atoms with E-state index < -0.39 is 10.8 Å².